The summed E-state index contributed by atoms with van der Waals surface area (Å²) in [6.07, 6.45) is 5.78. The number of amides is 2. The van der Waals surface area contributed by atoms with E-state index < -0.39 is 0 Å². The monoisotopic (exact) mass is 260 g/mol. The van der Waals surface area contributed by atoms with Crippen molar-refractivity contribution in [3.05, 3.63) is 42.4 Å². The van der Waals surface area contributed by atoms with E-state index in [4.69, 9.17) is 4.52 Å². The Hall–Kier alpha value is -2.37. The standard InChI is InChI=1S/C13H16N4O2/c1-2-17(10-6-11-3-7-14-8-4-11)13(18)16-12-5-9-15-19-12/h3-5,7-9H,2,6,10H2,1H3,(H,16,18). The second-order valence-electron chi connectivity index (χ2n) is 3.99. The molecule has 6 heteroatoms. The Morgan fingerprint density at radius 2 is 2.11 bits per heavy atom. The van der Waals surface area contributed by atoms with Gasteiger partial charge >= 0.3 is 6.03 Å². The van der Waals surface area contributed by atoms with Crippen LogP contribution in [0.15, 0.2) is 41.3 Å². The van der Waals surface area contributed by atoms with Gasteiger partial charge in [-0.15, -0.1) is 0 Å². The van der Waals surface area contributed by atoms with Crippen molar-refractivity contribution < 1.29 is 9.32 Å². The molecule has 0 unspecified atom stereocenters. The fourth-order valence-corrected chi connectivity index (χ4v) is 1.68. The van der Waals surface area contributed by atoms with E-state index in [0.717, 1.165) is 12.0 Å². The largest absolute Gasteiger partial charge is 0.338 e. The van der Waals surface area contributed by atoms with Gasteiger partial charge in [0.1, 0.15) is 0 Å². The van der Waals surface area contributed by atoms with Gasteiger partial charge in [0.05, 0.1) is 6.20 Å². The van der Waals surface area contributed by atoms with E-state index in [-0.39, 0.29) is 6.03 Å². The molecule has 6 nitrogen and oxygen atoms in total. The van der Waals surface area contributed by atoms with E-state index in [9.17, 15) is 4.79 Å². The first-order valence-electron chi connectivity index (χ1n) is 6.15. The second kappa shape index (κ2) is 6.53. The average molecular weight is 260 g/mol. The lowest BCUT2D eigenvalue weighted by atomic mass is 10.2. The summed E-state index contributed by atoms with van der Waals surface area (Å²) < 4.78 is 4.84. The molecule has 0 aliphatic rings. The van der Waals surface area contributed by atoms with Gasteiger partial charge < -0.3 is 9.42 Å². The smallest absolute Gasteiger partial charge is 0.324 e. The number of aromatic nitrogens is 2. The predicted octanol–water partition coefficient (Wildman–Crippen LogP) is 2.17. The molecular formula is C13H16N4O2. The van der Waals surface area contributed by atoms with Crippen LogP contribution in [0.3, 0.4) is 0 Å². The highest BCUT2D eigenvalue weighted by atomic mass is 16.5. The van der Waals surface area contributed by atoms with Crippen molar-refractivity contribution in [2.24, 2.45) is 0 Å². The molecule has 0 fully saturated rings. The summed E-state index contributed by atoms with van der Waals surface area (Å²) in [4.78, 5) is 17.7. The van der Waals surface area contributed by atoms with Crippen LogP contribution in [-0.2, 0) is 6.42 Å². The highest BCUT2D eigenvalue weighted by Gasteiger charge is 2.12. The van der Waals surface area contributed by atoms with E-state index in [0.29, 0.717) is 19.0 Å². The normalized spacial score (nSPS) is 10.2. The number of pyridine rings is 1. The van der Waals surface area contributed by atoms with Gasteiger partial charge in [0, 0.05) is 31.5 Å². The molecule has 0 atom stereocenters. The third-order valence-electron chi connectivity index (χ3n) is 2.76. The molecule has 2 aromatic rings. The Labute approximate surface area is 111 Å². The van der Waals surface area contributed by atoms with Crippen LogP contribution in [0.2, 0.25) is 0 Å². The molecule has 2 heterocycles. The third kappa shape index (κ3) is 3.80. The fourth-order valence-electron chi connectivity index (χ4n) is 1.68. The van der Waals surface area contributed by atoms with Crippen LogP contribution in [0.25, 0.3) is 0 Å². The van der Waals surface area contributed by atoms with Gasteiger partial charge in [-0.2, -0.15) is 0 Å². The van der Waals surface area contributed by atoms with E-state index in [1.165, 1.54) is 6.20 Å². The maximum absolute atomic E-state index is 12.0. The van der Waals surface area contributed by atoms with Gasteiger partial charge in [-0.05, 0) is 31.0 Å². The summed E-state index contributed by atoms with van der Waals surface area (Å²) in [5.74, 6) is 0.354. The Balaban J connectivity index is 1.87. The van der Waals surface area contributed by atoms with Crippen LogP contribution < -0.4 is 5.32 Å². The maximum Gasteiger partial charge on any atom is 0.324 e. The van der Waals surface area contributed by atoms with Crippen LogP contribution in [0.1, 0.15) is 12.5 Å². The van der Waals surface area contributed by atoms with E-state index in [1.54, 1.807) is 23.4 Å². The predicted molar refractivity (Wildman–Crippen MR) is 70.7 cm³/mol. The van der Waals surface area contributed by atoms with E-state index in [2.05, 4.69) is 15.5 Å². The summed E-state index contributed by atoms with van der Waals surface area (Å²) in [7, 11) is 0. The van der Waals surface area contributed by atoms with Gasteiger partial charge in [0.25, 0.3) is 0 Å². The molecule has 100 valence electrons. The van der Waals surface area contributed by atoms with Gasteiger partial charge in [-0.3, -0.25) is 10.3 Å². The van der Waals surface area contributed by atoms with Crippen molar-refractivity contribution in [2.75, 3.05) is 18.4 Å². The molecule has 0 bridgehead atoms. The lowest BCUT2D eigenvalue weighted by Crippen LogP contribution is -2.36. The number of anilines is 1. The van der Waals surface area contributed by atoms with Crippen LogP contribution >= 0.6 is 0 Å². The Kier molecular flexibility index (Phi) is 4.49. The number of urea groups is 1. The second-order valence-corrected chi connectivity index (χ2v) is 3.99. The molecule has 0 spiro atoms. The number of nitrogens with zero attached hydrogens (tertiary/aromatic N) is 3. The summed E-state index contributed by atoms with van der Waals surface area (Å²) in [6, 6.07) is 5.31. The minimum atomic E-state index is -0.187. The molecule has 0 saturated heterocycles. The molecule has 0 aliphatic heterocycles. The maximum atomic E-state index is 12.0. The van der Waals surface area contributed by atoms with Crippen molar-refractivity contribution in [3.63, 3.8) is 0 Å². The molecular weight excluding hydrogens is 244 g/mol. The zero-order valence-corrected chi connectivity index (χ0v) is 10.7. The van der Waals surface area contributed by atoms with Gasteiger partial charge in [0.15, 0.2) is 0 Å². The van der Waals surface area contributed by atoms with Crippen molar-refractivity contribution in [2.45, 2.75) is 13.3 Å². The van der Waals surface area contributed by atoms with Gasteiger partial charge in [-0.1, -0.05) is 5.16 Å². The molecule has 0 saturated carbocycles. The van der Waals surface area contributed by atoms with Gasteiger partial charge in [-0.25, -0.2) is 4.79 Å². The van der Waals surface area contributed by atoms with E-state index in [1.807, 2.05) is 19.1 Å². The molecule has 2 rings (SSSR count). The number of carbonyl (C=O) groups is 1. The summed E-state index contributed by atoms with van der Waals surface area (Å²) in [6.45, 7) is 3.21. The number of nitrogens with one attached hydrogen (secondary N) is 1. The molecule has 1 N–H and O–H groups in total. The summed E-state index contributed by atoms with van der Waals surface area (Å²) >= 11 is 0. The quantitative estimate of drug-likeness (QED) is 0.894. The van der Waals surface area contributed by atoms with Crippen LogP contribution in [0, 0.1) is 0 Å². The number of rotatable bonds is 5. The van der Waals surface area contributed by atoms with Crippen LogP contribution in [-0.4, -0.2) is 34.2 Å². The molecule has 0 aromatic carbocycles. The number of carbonyl (C=O) groups excluding carboxylic acids is 1. The van der Waals surface area contributed by atoms with Crippen LogP contribution in [0.4, 0.5) is 10.7 Å². The third-order valence-corrected chi connectivity index (χ3v) is 2.76. The van der Waals surface area contributed by atoms with E-state index >= 15 is 0 Å². The van der Waals surface area contributed by atoms with Gasteiger partial charge in [0.2, 0.25) is 5.88 Å². The first kappa shape index (κ1) is 13.1. The zero-order valence-electron chi connectivity index (χ0n) is 10.7. The number of hydrogen-bond donors (Lipinski definition) is 1. The molecule has 2 aromatic heterocycles. The van der Waals surface area contributed by atoms with Crippen molar-refractivity contribution in [1.82, 2.24) is 15.0 Å². The fraction of sp³-hybridized carbons (Fsp3) is 0.308. The first-order chi connectivity index (χ1) is 9.29. The van der Waals surface area contributed by atoms with Crippen molar-refractivity contribution in [1.29, 1.82) is 0 Å². The average Bonchev–Trinajstić information content (AvgIpc) is 2.93. The Morgan fingerprint density at radius 1 is 1.32 bits per heavy atom. The SMILES string of the molecule is CCN(CCc1ccncc1)C(=O)Nc1ccno1. The molecule has 2 amide bonds. The molecule has 19 heavy (non-hydrogen) atoms. The number of hydrogen-bond acceptors (Lipinski definition) is 4. The highest BCUT2D eigenvalue weighted by molar-refractivity contribution is 5.87. The topological polar surface area (TPSA) is 71.3 Å². The minimum absolute atomic E-state index is 0.187. The Bertz CT molecular complexity index is 499. The van der Waals surface area contributed by atoms with Crippen molar-refractivity contribution in [3.8, 4) is 0 Å². The first-order valence-corrected chi connectivity index (χ1v) is 6.15. The zero-order chi connectivity index (χ0) is 13.5. The minimum Gasteiger partial charge on any atom is -0.338 e. The number of likely N-dealkylation sites (N-methyl/N-ethyl adjacent to an activating group) is 1. The lowest BCUT2D eigenvalue weighted by Gasteiger charge is -2.20. The Morgan fingerprint density at radius 3 is 2.74 bits per heavy atom. The van der Waals surface area contributed by atoms with Crippen molar-refractivity contribution >= 4 is 11.9 Å². The highest BCUT2D eigenvalue weighted by Crippen LogP contribution is 2.06. The lowest BCUT2D eigenvalue weighted by molar-refractivity contribution is 0.214. The summed E-state index contributed by atoms with van der Waals surface area (Å²) in [5.41, 5.74) is 1.15. The summed E-state index contributed by atoms with van der Waals surface area (Å²) in [5, 5.41) is 6.19. The van der Waals surface area contributed by atoms with Crippen LogP contribution in [0.5, 0.6) is 0 Å². The molecule has 0 aliphatic carbocycles. The molecule has 0 radical (unpaired) electrons.